The van der Waals surface area contributed by atoms with E-state index in [1.165, 1.54) is 47.0 Å². The first kappa shape index (κ1) is 16.1. The molecule has 0 atom stereocenters. The van der Waals surface area contributed by atoms with E-state index in [0.29, 0.717) is 0 Å². The molecular weight excluding hydrogens is 455 g/mol. The predicted molar refractivity (Wildman–Crippen MR) is 127 cm³/mol. The number of furan rings is 1. The van der Waals surface area contributed by atoms with E-state index in [1.807, 2.05) is 0 Å². The predicted octanol–water partition coefficient (Wildman–Crippen LogP) is 8.16. The summed E-state index contributed by atoms with van der Waals surface area (Å²) in [5.74, 6) is 0. The number of benzene rings is 5. The van der Waals surface area contributed by atoms with Crippen LogP contribution in [0.2, 0.25) is 0 Å². The van der Waals surface area contributed by atoms with Crippen LogP contribution in [-0.2, 0) is 0 Å². The molecule has 0 amide bonds. The van der Waals surface area contributed by atoms with Crippen LogP contribution in [0.25, 0.3) is 54.6 Å². The van der Waals surface area contributed by atoms with Gasteiger partial charge in [-0.1, -0.05) is 66.7 Å². The standard InChI is InChI=1S/C26H15IO/c27-18-12-9-17(10-13-18)22-15-24-26(21-8-4-3-7-20(21)22)25-19-6-2-1-5-16(19)11-14-23(25)28-24/h1-15H. The van der Waals surface area contributed by atoms with Crippen LogP contribution in [0.15, 0.2) is 95.4 Å². The second-order valence-electron chi connectivity index (χ2n) is 7.11. The zero-order valence-electron chi connectivity index (χ0n) is 14.9. The smallest absolute Gasteiger partial charge is 0.136 e. The number of hydrogen-bond donors (Lipinski definition) is 0. The summed E-state index contributed by atoms with van der Waals surface area (Å²) in [5.41, 5.74) is 4.31. The number of halogens is 1. The Morgan fingerprint density at radius 1 is 0.571 bits per heavy atom. The van der Waals surface area contributed by atoms with E-state index in [9.17, 15) is 0 Å². The molecule has 0 unspecified atom stereocenters. The van der Waals surface area contributed by atoms with Crippen molar-refractivity contribution in [1.82, 2.24) is 0 Å². The lowest BCUT2D eigenvalue weighted by Gasteiger charge is -2.09. The van der Waals surface area contributed by atoms with Gasteiger partial charge in [-0.25, -0.2) is 0 Å². The molecular formula is C26H15IO. The van der Waals surface area contributed by atoms with Crippen molar-refractivity contribution in [3.05, 3.63) is 94.6 Å². The molecule has 0 radical (unpaired) electrons. The van der Waals surface area contributed by atoms with Gasteiger partial charge in [-0.05, 0) is 79.5 Å². The third-order valence-corrected chi connectivity index (χ3v) is 6.24. The molecule has 2 heteroatoms. The maximum Gasteiger partial charge on any atom is 0.136 e. The van der Waals surface area contributed by atoms with Crippen molar-refractivity contribution in [2.75, 3.05) is 0 Å². The van der Waals surface area contributed by atoms with Gasteiger partial charge in [0.2, 0.25) is 0 Å². The Kier molecular flexibility index (Phi) is 3.50. The van der Waals surface area contributed by atoms with Gasteiger partial charge in [0.05, 0.1) is 0 Å². The van der Waals surface area contributed by atoms with Crippen LogP contribution in [0.5, 0.6) is 0 Å². The van der Waals surface area contributed by atoms with E-state index < -0.39 is 0 Å². The third kappa shape index (κ3) is 2.31. The van der Waals surface area contributed by atoms with Crippen molar-refractivity contribution < 1.29 is 4.42 Å². The van der Waals surface area contributed by atoms with E-state index in [-0.39, 0.29) is 0 Å². The molecule has 0 bridgehead atoms. The minimum absolute atomic E-state index is 0.943. The zero-order chi connectivity index (χ0) is 18.7. The minimum atomic E-state index is 0.943. The van der Waals surface area contributed by atoms with E-state index in [1.54, 1.807) is 0 Å². The van der Waals surface area contributed by atoms with Crippen LogP contribution < -0.4 is 0 Å². The topological polar surface area (TPSA) is 13.1 Å². The first-order chi connectivity index (χ1) is 13.8. The summed E-state index contributed by atoms with van der Waals surface area (Å²) in [6.07, 6.45) is 0. The summed E-state index contributed by atoms with van der Waals surface area (Å²) in [4.78, 5) is 0. The summed E-state index contributed by atoms with van der Waals surface area (Å²) in [5, 5.41) is 7.39. The molecule has 28 heavy (non-hydrogen) atoms. The van der Waals surface area contributed by atoms with Gasteiger partial charge in [-0.15, -0.1) is 0 Å². The Labute approximate surface area is 175 Å². The largest absolute Gasteiger partial charge is 0.456 e. The first-order valence-electron chi connectivity index (χ1n) is 9.31. The highest BCUT2D eigenvalue weighted by Crippen LogP contribution is 2.42. The molecule has 0 saturated heterocycles. The highest BCUT2D eigenvalue weighted by molar-refractivity contribution is 14.1. The van der Waals surface area contributed by atoms with Crippen molar-refractivity contribution in [3.63, 3.8) is 0 Å². The van der Waals surface area contributed by atoms with Crippen LogP contribution in [0.3, 0.4) is 0 Å². The van der Waals surface area contributed by atoms with Gasteiger partial charge < -0.3 is 4.42 Å². The second kappa shape index (κ2) is 6.08. The monoisotopic (exact) mass is 470 g/mol. The molecule has 6 aromatic rings. The Morgan fingerprint density at radius 2 is 1.25 bits per heavy atom. The Morgan fingerprint density at radius 3 is 2.07 bits per heavy atom. The molecule has 0 aliphatic heterocycles. The molecule has 0 saturated carbocycles. The Hall–Kier alpha value is -2.85. The summed E-state index contributed by atoms with van der Waals surface area (Å²) >= 11 is 2.35. The lowest BCUT2D eigenvalue weighted by molar-refractivity contribution is 0.669. The van der Waals surface area contributed by atoms with Crippen molar-refractivity contribution in [2.45, 2.75) is 0 Å². The second-order valence-corrected chi connectivity index (χ2v) is 8.36. The molecule has 1 nitrogen and oxygen atoms in total. The average molecular weight is 470 g/mol. The van der Waals surface area contributed by atoms with Crippen molar-refractivity contribution in [1.29, 1.82) is 0 Å². The van der Waals surface area contributed by atoms with Gasteiger partial charge in [0.25, 0.3) is 0 Å². The van der Waals surface area contributed by atoms with Gasteiger partial charge in [0, 0.05) is 14.3 Å². The first-order valence-corrected chi connectivity index (χ1v) is 10.4. The SMILES string of the molecule is Ic1ccc(-c2cc3oc4ccc5ccccc5c4c3c3ccccc23)cc1. The van der Waals surface area contributed by atoms with Crippen LogP contribution in [0.1, 0.15) is 0 Å². The molecule has 6 rings (SSSR count). The summed E-state index contributed by atoms with van der Waals surface area (Å²) in [7, 11) is 0. The average Bonchev–Trinajstić information content (AvgIpc) is 3.13. The lowest BCUT2D eigenvalue weighted by Crippen LogP contribution is -1.83. The molecule has 5 aromatic carbocycles. The zero-order valence-corrected chi connectivity index (χ0v) is 17.1. The van der Waals surface area contributed by atoms with Crippen molar-refractivity contribution in [2.24, 2.45) is 0 Å². The third-order valence-electron chi connectivity index (χ3n) is 5.52. The molecule has 0 fully saturated rings. The fourth-order valence-corrected chi connectivity index (χ4v) is 4.63. The lowest BCUT2D eigenvalue weighted by atomic mass is 9.94. The summed E-state index contributed by atoms with van der Waals surface area (Å²) in [6, 6.07) is 32.3. The molecule has 0 aliphatic rings. The Bertz CT molecular complexity index is 1510. The fourth-order valence-electron chi connectivity index (χ4n) is 4.27. The number of rotatable bonds is 1. The molecule has 0 spiro atoms. The van der Waals surface area contributed by atoms with Crippen LogP contribution in [0, 0.1) is 3.57 Å². The maximum absolute atomic E-state index is 6.35. The number of hydrogen-bond acceptors (Lipinski definition) is 1. The van der Waals surface area contributed by atoms with Gasteiger partial charge in [0.1, 0.15) is 11.2 Å². The van der Waals surface area contributed by atoms with Gasteiger partial charge in [0.15, 0.2) is 0 Å². The molecule has 132 valence electrons. The molecule has 0 aliphatic carbocycles. The quantitative estimate of drug-likeness (QED) is 0.221. The van der Waals surface area contributed by atoms with Gasteiger partial charge >= 0.3 is 0 Å². The molecule has 1 heterocycles. The van der Waals surface area contributed by atoms with Crippen LogP contribution in [-0.4, -0.2) is 0 Å². The minimum Gasteiger partial charge on any atom is -0.456 e. The van der Waals surface area contributed by atoms with Crippen LogP contribution in [0.4, 0.5) is 0 Å². The normalized spacial score (nSPS) is 11.8. The van der Waals surface area contributed by atoms with E-state index in [2.05, 4.69) is 114 Å². The number of fused-ring (bicyclic) bond motifs is 7. The van der Waals surface area contributed by atoms with E-state index in [4.69, 9.17) is 4.42 Å². The highest BCUT2D eigenvalue weighted by Gasteiger charge is 2.16. The summed E-state index contributed by atoms with van der Waals surface area (Å²) in [6.45, 7) is 0. The van der Waals surface area contributed by atoms with Gasteiger partial charge in [-0.3, -0.25) is 0 Å². The van der Waals surface area contributed by atoms with Crippen LogP contribution >= 0.6 is 22.6 Å². The van der Waals surface area contributed by atoms with Gasteiger partial charge in [-0.2, -0.15) is 0 Å². The maximum atomic E-state index is 6.35. The van der Waals surface area contributed by atoms with E-state index >= 15 is 0 Å². The molecule has 1 aromatic heterocycles. The fraction of sp³-hybridized carbons (Fsp3) is 0. The van der Waals surface area contributed by atoms with Crippen molar-refractivity contribution >= 4 is 66.1 Å². The van der Waals surface area contributed by atoms with E-state index in [0.717, 1.165) is 11.2 Å². The Balaban J connectivity index is 1.83. The van der Waals surface area contributed by atoms with Crippen molar-refractivity contribution in [3.8, 4) is 11.1 Å². The highest BCUT2D eigenvalue weighted by atomic mass is 127. The summed E-state index contributed by atoms with van der Waals surface area (Å²) < 4.78 is 7.59. The molecule has 0 N–H and O–H groups in total.